The SMILES string of the molecule is CCOc1cc(C=NNC(=O)c2ccccc2)ccc1OCC(=O)Nc1ccc(C)cc1C. The highest BCUT2D eigenvalue weighted by atomic mass is 16.5. The van der Waals surface area contributed by atoms with Crippen molar-refractivity contribution >= 4 is 23.7 Å². The summed E-state index contributed by atoms with van der Waals surface area (Å²) in [7, 11) is 0. The van der Waals surface area contributed by atoms with Crippen LogP contribution in [-0.2, 0) is 4.79 Å². The Morgan fingerprint density at radius 2 is 1.73 bits per heavy atom. The molecular formula is C26H27N3O4. The number of ether oxygens (including phenoxy) is 2. The third-order valence-corrected chi connectivity index (χ3v) is 4.70. The van der Waals surface area contributed by atoms with Crippen molar-refractivity contribution in [3.63, 3.8) is 0 Å². The fourth-order valence-electron chi connectivity index (χ4n) is 3.10. The highest BCUT2D eigenvalue weighted by Crippen LogP contribution is 2.28. The van der Waals surface area contributed by atoms with Crippen molar-refractivity contribution in [1.29, 1.82) is 0 Å². The highest BCUT2D eigenvalue weighted by molar-refractivity contribution is 5.95. The Morgan fingerprint density at radius 1 is 0.939 bits per heavy atom. The van der Waals surface area contributed by atoms with E-state index in [1.807, 2.05) is 45.0 Å². The first-order valence-corrected chi connectivity index (χ1v) is 10.6. The molecule has 0 unspecified atom stereocenters. The molecule has 170 valence electrons. The van der Waals surface area contributed by atoms with E-state index in [1.165, 1.54) is 6.21 Å². The Hall–Kier alpha value is -4.13. The van der Waals surface area contributed by atoms with Crippen molar-refractivity contribution < 1.29 is 19.1 Å². The van der Waals surface area contributed by atoms with E-state index >= 15 is 0 Å². The molecule has 0 fully saturated rings. The van der Waals surface area contributed by atoms with Crippen LogP contribution in [0.3, 0.4) is 0 Å². The molecule has 0 aromatic heterocycles. The van der Waals surface area contributed by atoms with E-state index in [-0.39, 0.29) is 18.4 Å². The largest absolute Gasteiger partial charge is 0.490 e. The lowest BCUT2D eigenvalue weighted by Gasteiger charge is -2.13. The van der Waals surface area contributed by atoms with Crippen LogP contribution < -0.4 is 20.2 Å². The Labute approximate surface area is 193 Å². The molecule has 0 aliphatic heterocycles. The lowest BCUT2D eigenvalue weighted by Crippen LogP contribution is -2.21. The van der Waals surface area contributed by atoms with E-state index in [1.54, 1.807) is 42.5 Å². The average molecular weight is 446 g/mol. The molecule has 0 saturated heterocycles. The van der Waals surface area contributed by atoms with Gasteiger partial charge in [0.1, 0.15) is 0 Å². The molecule has 2 N–H and O–H groups in total. The molecule has 0 bridgehead atoms. The van der Waals surface area contributed by atoms with Crippen LogP contribution in [0, 0.1) is 13.8 Å². The summed E-state index contributed by atoms with van der Waals surface area (Å²) in [6.07, 6.45) is 1.51. The molecule has 0 heterocycles. The second kappa shape index (κ2) is 11.5. The number of benzene rings is 3. The van der Waals surface area contributed by atoms with E-state index in [9.17, 15) is 9.59 Å². The Kier molecular flexibility index (Phi) is 8.18. The van der Waals surface area contributed by atoms with Gasteiger partial charge in [0.25, 0.3) is 11.8 Å². The fraction of sp³-hybridized carbons (Fsp3) is 0.192. The summed E-state index contributed by atoms with van der Waals surface area (Å²) in [5, 5.41) is 6.86. The third-order valence-electron chi connectivity index (χ3n) is 4.70. The van der Waals surface area contributed by atoms with Crippen molar-refractivity contribution in [1.82, 2.24) is 5.43 Å². The number of amides is 2. The van der Waals surface area contributed by atoms with Crippen molar-refractivity contribution in [3.8, 4) is 11.5 Å². The summed E-state index contributed by atoms with van der Waals surface area (Å²) in [6.45, 7) is 6.07. The quantitative estimate of drug-likeness (QED) is 0.375. The van der Waals surface area contributed by atoms with Crippen LogP contribution in [0.4, 0.5) is 5.69 Å². The first-order chi connectivity index (χ1) is 16.0. The van der Waals surface area contributed by atoms with Gasteiger partial charge in [-0.3, -0.25) is 9.59 Å². The summed E-state index contributed by atoms with van der Waals surface area (Å²) in [6, 6.07) is 19.9. The summed E-state index contributed by atoms with van der Waals surface area (Å²) in [5.41, 5.74) is 6.59. The van der Waals surface area contributed by atoms with Gasteiger partial charge in [-0.15, -0.1) is 0 Å². The zero-order chi connectivity index (χ0) is 23.6. The van der Waals surface area contributed by atoms with Crippen molar-refractivity contribution in [2.24, 2.45) is 5.10 Å². The standard InChI is InChI=1S/C26H27N3O4/c1-4-32-24-15-20(16-27-29-26(31)21-8-6-5-7-9-21)11-13-23(24)33-17-25(30)28-22-12-10-18(2)14-19(22)3/h5-16H,4,17H2,1-3H3,(H,28,30)(H,29,31). The van der Waals surface area contributed by atoms with Crippen molar-refractivity contribution in [2.45, 2.75) is 20.8 Å². The molecule has 3 aromatic rings. The molecule has 0 radical (unpaired) electrons. The van der Waals surface area contributed by atoms with E-state index in [2.05, 4.69) is 15.8 Å². The first-order valence-electron chi connectivity index (χ1n) is 10.6. The van der Waals surface area contributed by atoms with E-state index in [0.717, 1.165) is 16.8 Å². The van der Waals surface area contributed by atoms with Crippen molar-refractivity contribution in [3.05, 3.63) is 89.0 Å². The molecule has 0 aliphatic rings. The molecule has 0 spiro atoms. The van der Waals surface area contributed by atoms with Gasteiger partial charge >= 0.3 is 0 Å². The third kappa shape index (κ3) is 6.93. The van der Waals surface area contributed by atoms with Gasteiger partial charge < -0.3 is 14.8 Å². The maximum absolute atomic E-state index is 12.3. The van der Waals surface area contributed by atoms with Gasteiger partial charge in [-0.05, 0) is 68.3 Å². The molecule has 0 saturated carbocycles. The van der Waals surface area contributed by atoms with Crippen LogP contribution in [-0.4, -0.2) is 31.2 Å². The van der Waals surface area contributed by atoms with Gasteiger partial charge in [0.2, 0.25) is 0 Å². The van der Waals surface area contributed by atoms with Crippen LogP contribution in [0.5, 0.6) is 11.5 Å². The van der Waals surface area contributed by atoms with Gasteiger partial charge in [0.05, 0.1) is 12.8 Å². The number of aryl methyl sites for hydroxylation is 2. The Morgan fingerprint density at radius 3 is 2.45 bits per heavy atom. The Balaban J connectivity index is 1.60. The number of nitrogens with zero attached hydrogens (tertiary/aromatic N) is 1. The lowest BCUT2D eigenvalue weighted by molar-refractivity contribution is -0.118. The van der Waals surface area contributed by atoms with Crippen LogP contribution in [0.2, 0.25) is 0 Å². The zero-order valence-corrected chi connectivity index (χ0v) is 18.9. The minimum Gasteiger partial charge on any atom is -0.490 e. The number of anilines is 1. The van der Waals surface area contributed by atoms with Crippen LogP contribution >= 0.6 is 0 Å². The number of carbonyl (C=O) groups is 2. The Bertz CT molecular complexity index is 1140. The van der Waals surface area contributed by atoms with Gasteiger partial charge in [-0.25, -0.2) is 5.43 Å². The molecule has 0 atom stereocenters. The first kappa shape index (κ1) is 23.5. The second-order valence-corrected chi connectivity index (χ2v) is 7.36. The normalized spacial score (nSPS) is 10.6. The highest BCUT2D eigenvalue weighted by Gasteiger charge is 2.10. The molecule has 2 amide bonds. The van der Waals surface area contributed by atoms with Gasteiger partial charge in [-0.2, -0.15) is 5.10 Å². The van der Waals surface area contributed by atoms with Gasteiger partial charge in [0.15, 0.2) is 18.1 Å². The van der Waals surface area contributed by atoms with Gasteiger partial charge in [0, 0.05) is 11.3 Å². The molecule has 7 nitrogen and oxygen atoms in total. The second-order valence-electron chi connectivity index (χ2n) is 7.36. The fourth-order valence-corrected chi connectivity index (χ4v) is 3.10. The van der Waals surface area contributed by atoms with E-state index < -0.39 is 0 Å². The van der Waals surface area contributed by atoms with E-state index in [4.69, 9.17) is 9.47 Å². The minimum absolute atomic E-state index is 0.159. The number of rotatable bonds is 9. The van der Waals surface area contributed by atoms with E-state index in [0.29, 0.717) is 29.2 Å². The number of hydrogen-bond acceptors (Lipinski definition) is 5. The molecule has 33 heavy (non-hydrogen) atoms. The number of carbonyl (C=O) groups excluding carboxylic acids is 2. The summed E-state index contributed by atoms with van der Waals surface area (Å²) in [4.78, 5) is 24.4. The topological polar surface area (TPSA) is 89.0 Å². The monoisotopic (exact) mass is 445 g/mol. The predicted molar refractivity (Wildman–Crippen MR) is 129 cm³/mol. The molecular weight excluding hydrogens is 418 g/mol. The molecule has 3 aromatic carbocycles. The molecule has 3 rings (SSSR count). The zero-order valence-electron chi connectivity index (χ0n) is 18.9. The number of nitrogens with one attached hydrogen (secondary N) is 2. The summed E-state index contributed by atoms with van der Waals surface area (Å²) < 4.78 is 11.3. The minimum atomic E-state index is -0.299. The van der Waals surface area contributed by atoms with Crippen molar-refractivity contribution in [2.75, 3.05) is 18.5 Å². The summed E-state index contributed by atoms with van der Waals surface area (Å²) in [5.74, 6) is 0.360. The van der Waals surface area contributed by atoms with Crippen LogP contribution in [0.15, 0.2) is 71.8 Å². The smallest absolute Gasteiger partial charge is 0.271 e. The maximum Gasteiger partial charge on any atom is 0.271 e. The lowest BCUT2D eigenvalue weighted by atomic mass is 10.1. The average Bonchev–Trinajstić information content (AvgIpc) is 2.81. The van der Waals surface area contributed by atoms with Gasteiger partial charge in [-0.1, -0.05) is 35.9 Å². The molecule has 0 aliphatic carbocycles. The number of hydrogen-bond donors (Lipinski definition) is 2. The predicted octanol–water partition coefficient (Wildman–Crippen LogP) is 4.48. The molecule has 7 heteroatoms. The van der Waals surface area contributed by atoms with Crippen LogP contribution in [0.1, 0.15) is 34.0 Å². The maximum atomic E-state index is 12.3. The van der Waals surface area contributed by atoms with Crippen LogP contribution in [0.25, 0.3) is 0 Å². The number of hydrazone groups is 1. The summed E-state index contributed by atoms with van der Waals surface area (Å²) >= 11 is 0.